The van der Waals surface area contributed by atoms with Crippen LogP contribution in [0.3, 0.4) is 0 Å². The van der Waals surface area contributed by atoms with E-state index < -0.39 is 0 Å². The van der Waals surface area contributed by atoms with E-state index in [0.717, 1.165) is 24.2 Å². The summed E-state index contributed by atoms with van der Waals surface area (Å²) >= 11 is 5.08. The molecule has 1 aliphatic rings. The Hall–Kier alpha value is -1.20. The third-order valence-electron chi connectivity index (χ3n) is 3.43. The van der Waals surface area contributed by atoms with Crippen molar-refractivity contribution in [1.82, 2.24) is 4.98 Å². The van der Waals surface area contributed by atoms with Crippen LogP contribution in [0.1, 0.15) is 31.2 Å². The van der Waals surface area contributed by atoms with Gasteiger partial charge in [0, 0.05) is 18.8 Å². The molecule has 18 heavy (non-hydrogen) atoms. The van der Waals surface area contributed by atoms with Gasteiger partial charge in [0.2, 0.25) is 0 Å². The van der Waals surface area contributed by atoms with Crippen LogP contribution in [-0.4, -0.2) is 34.3 Å². The highest BCUT2D eigenvalue weighted by Gasteiger charge is 2.25. The molecular formula is C13H19N3OS. The molecular weight excluding hydrogens is 246 g/mol. The first-order valence-corrected chi connectivity index (χ1v) is 6.77. The predicted molar refractivity (Wildman–Crippen MR) is 76.8 cm³/mol. The standard InChI is InChI=1S/C13H19N3OS/c14-12(18)11-6-3-7-15-13(11)16(8-9-17)10-4-1-2-5-10/h3,6-7,10,17H,1-2,4-5,8-9H2,(H2,14,18). The van der Waals surface area contributed by atoms with E-state index in [2.05, 4.69) is 9.88 Å². The SMILES string of the molecule is NC(=S)c1cccnc1N(CCO)C1CCCC1. The summed E-state index contributed by atoms with van der Waals surface area (Å²) in [5.74, 6) is 0.811. The van der Waals surface area contributed by atoms with E-state index >= 15 is 0 Å². The molecule has 0 atom stereocenters. The molecule has 98 valence electrons. The highest BCUT2D eigenvalue weighted by Crippen LogP contribution is 2.28. The zero-order valence-corrected chi connectivity index (χ0v) is 11.2. The summed E-state index contributed by atoms with van der Waals surface area (Å²) in [4.78, 5) is 6.93. The van der Waals surface area contributed by atoms with Crippen LogP contribution in [-0.2, 0) is 0 Å². The lowest BCUT2D eigenvalue weighted by atomic mass is 10.1. The third-order valence-corrected chi connectivity index (χ3v) is 3.65. The van der Waals surface area contributed by atoms with Gasteiger partial charge in [-0.3, -0.25) is 0 Å². The number of pyridine rings is 1. The van der Waals surface area contributed by atoms with Crippen LogP contribution in [0, 0.1) is 0 Å². The highest BCUT2D eigenvalue weighted by molar-refractivity contribution is 7.80. The van der Waals surface area contributed by atoms with Crippen LogP contribution in [0.25, 0.3) is 0 Å². The minimum Gasteiger partial charge on any atom is -0.395 e. The van der Waals surface area contributed by atoms with E-state index in [1.54, 1.807) is 6.20 Å². The van der Waals surface area contributed by atoms with Gasteiger partial charge >= 0.3 is 0 Å². The molecule has 1 heterocycles. The van der Waals surface area contributed by atoms with Crippen LogP contribution >= 0.6 is 12.2 Å². The van der Waals surface area contributed by atoms with Gasteiger partial charge in [0.1, 0.15) is 10.8 Å². The van der Waals surface area contributed by atoms with Crippen LogP contribution in [0.4, 0.5) is 5.82 Å². The average Bonchev–Trinajstić information content (AvgIpc) is 2.89. The Kier molecular flexibility index (Phi) is 4.49. The largest absolute Gasteiger partial charge is 0.395 e. The Morgan fingerprint density at radius 3 is 2.83 bits per heavy atom. The second kappa shape index (κ2) is 6.11. The second-order valence-electron chi connectivity index (χ2n) is 4.59. The van der Waals surface area contributed by atoms with Gasteiger partial charge in [0.25, 0.3) is 0 Å². The molecule has 0 aliphatic heterocycles. The number of nitrogens with two attached hydrogens (primary N) is 1. The smallest absolute Gasteiger partial charge is 0.139 e. The maximum absolute atomic E-state index is 9.25. The summed E-state index contributed by atoms with van der Waals surface area (Å²) < 4.78 is 0. The summed E-state index contributed by atoms with van der Waals surface area (Å²) in [5, 5.41) is 9.25. The molecule has 0 spiro atoms. The van der Waals surface area contributed by atoms with Crippen molar-refractivity contribution in [2.75, 3.05) is 18.1 Å². The molecule has 5 heteroatoms. The van der Waals surface area contributed by atoms with Crippen molar-refractivity contribution in [1.29, 1.82) is 0 Å². The zero-order chi connectivity index (χ0) is 13.0. The van der Waals surface area contributed by atoms with Crippen molar-refractivity contribution in [2.24, 2.45) is 5.73 Å². The van der Waals surface area contributed by atoms with Gasteiger partial charge in [0.05, 0.1) is 12.2 Å². The lowest BCUT2D eigenvalue weighted by molar-refractivity contribution is 0.297. The van der Waals surface area contributed by atoms with Gasteiger partial charge in [-0.1, -0.05) is 25.1 Å². The van der Waals surface area contributed by atoms with Crippen molar-refractivity contribution in [3.8, 4) is 0 Å². The van der Waals surface area contributed by atoms with E-state index in [1.807, 2.05) is 12.1 Å². The number of aliphatic hydroxyl groups excluding tert-OH is 1. The van der Waals surface area contributed by atoms with Crippen LogP contribution in [0.15, 0.2) is 18.3 Å². The van der Waals surface area contributed by atoms with Gasteiger partial charge in [-0.25, -0.2) is 4.98 Å². The number of aliphatic hydroxyl groups is 1. The summed E-state index contributed by atoms with van der Waals surface area (Å²) in [5.41, 5.74) is 6.55. The molecule has 1 saturated carbocycles. The molecule has 0 amide bonds. The molecule has 3 N–H and O–H groups in total. The summed E-state index contributed by atoms with van der Waals surface area (Å²) in [7, 11) is 0. The van der Waals surface area contributed by atoms with Gasteiger partial charge in [0.15, 0.2) is 0 Å². The number of rotatable bonds is 5. The Labute approximate surface area is 113 Å². The van der Waals surface area contributed by atoms with Crippen LogP contribution in [0.5, 0.6) is 0 Å². The first kappa shape index (κ1) is 13.2. The number of hydrogen-bond acceptors (Lipinski definition) is 4. The van der Waals surface area contributed by atoms with Crippen molar-refractivity contribution >= 4 is 23.0 Å². The number of hydrogen-bond donors (Lipinski definition) is 2. The van der Waals surface area contributed by atoms with Gasteiger partial charge in [-0.2, -0.15) is 0 Å². The summed E-state index contributed by atoms with van der Waals surface area (Å²) in [6.07, 6.45) is 6.51. The van der Waals surface area contributed by atoms with Crippen molar-refractivity contribution < 1.29 is 5.11 Å². The highest BCUT2D eigenvalue weighted by atomic mass is 32.1. The van der Waals surface area contributed by atoms with E-state index in [0.29, 0.717) is 17.6 Å². The van der Waals surface area contributed by atoms with Crippen molar-refractivity contribution in [3.05, 3.63) is 23.9 Å². The molecule has 1 aromatic heterocycles. The van der Waals surface area contributed by atoms with Gasteiger partial charge < -0.3 is 15.7 Å². The van der Waals surface area contributed by atoms with Crippen LogP contribution in [0.2, 0.25) is 0 Å². The van der Waals surface area contributed by atoms with Crippen molar-refractivity contribution in [3.63, 3.8) is 0 Å². The van der Waals surface area contributed by atoms with E-state index in [-0.39, 0.29) is 6.61 Å². The molecule has 4 nitrogen and oxygen atoms in total. The molecule has 0 unspecified atom stereocenters. The number of nitrogens with zero attached hydrogens (tertiary/aromatic N) is 2. The molecule has 0 bridgehead atoms. The predicted octanol–water partition coefficient (Wildman–Crippen LogP) is 1.46. The monoisotopic (exact) mass is 265 g/mol. The lowest BCUT2D eigenvalue weighted by Gasteiger charge is -2.30. The second-order valence-corrected chi connectivity index (χ2v) is 5.03. The number of thiocarbonyl (C=S) groups is 1. The van der Waals surface area contributed by atoms with Crippen molar-refractivity contribution in [2.45, 2.75) is 31.7 Å². The molecule has 1 aliphatic carbocycles. The zero-order valence-electron chi connectivity index (χ0n) is 10.4. The molecule has 0 radical (unpaired) electrons. The third kappa shape index (κ3) is 2.79. The molecule has 0 aromatic carbocycles. The average molecular weight is 265 g/mol. The normalized spacial score (nSPS) is 15.8. The quantitative estimate of drug-likeness (QED) is 0.789. The fourth-order valence-corrected chi connectivity index (χ4v) is 2.76. The van der Waals surface area contributed by atoms with E-state index in [4.69, 9.17) is 18.0 Å². The minimum absolute atomic E-state index is 0.115. The van der Waals surface area contributed by atoms with E-state index in [1.165, 1.54) is 12.8 Å². The van der Waals surface area contributed by atoms with Gasteiger partial charge in [-0.05, 0) is 25.0 Å². The first-order valence-electron chi connectivity index (χ1n) is 6.36. The number of aromatic nitrogens is 1. The first-order chi connectivity index (χ1) is 8.74. The minimum atomic E-state index is 0.115. The molecule has 2 rings (SSSR count). The lowest BCUT2D eigenvalue weighted by Crippen LogP contribution is -2.37. The molecule has 0 saturated heterocycles. The Morgan fingerprint density at radius 1 is 1.50 bits per heavy atom. The number of anilines is 1. The maximum Gasteiger partial charge on any atom is 0.139 e. The fourth-order valence-electron chi connectivity index (χ4n) is 2.60. The molecule has 1 fully saturated rings. The van der Waals surface area contributed by atoms with Crippen LogP contribution < -0.4 is 10.6 Å². The Balaban J connectivity index is 2.32. The fraction of sp³-hybridized carbons (Fsp3) is 0.538. The summed E-state index contributed by atoms with van der Waals surface area (Å²) in [6, 6.07) is 4.17. The molecule has 1 aromatic rings. The van der Waals surface area contributed by atoms with Gasteiger partial charge in [-0.15, -0.1) is 0 Å². The topological polar surface area (TPSA) is 62.4 Å². The Bertz CT molecular complexity index is 418. The Morgan fingerprint density at radius 2 is 2.22 bits per heavy atom. The maximum atomic E-state index is 9.25. The van der Waals surface area contributed by atoms with E-state index in [9.17, 15) is 5.11 Å². The summed E-state index contributed by atoms with van der Waals surface area (Å²) in [6.45, 7) is 0.696.